The van der Waals surface area contributed by atoms with Crippen molar-refractivity contribution in [3.8, 4) is 10.6 Å². The van der Waals surface area contributed by atoms with E-state index in [-0.39, 0.29) is 11.5 Å². The number of benzene rings is 1. The molecule has 0 saturated carbocycles. The molecule has 1 aromatic carbocycles. The summed E-state index contributed by atoms with van der Waals surface area (Å²) < 4.78 is 1.57. The van der Waals surface area contributed by atoms with E-state index in [0.717, 1.165) is 34.2 Å². The normalized spacial score (nSPS) is 14.8. The fourth-order valence-corrected chi connectivity index (χ4v) is 4.83. The van der Waals surface area contributed by atoms with Gasteiger partial charge >= 0.3 is 0 Å². The van der Waals surface area contributed by atoms with Crippen LogP contribution in [0.1, 0.15) is 23.3 Å². The highest BCUT2D eigenvalue weighted by Crippen LogP contribution is 2.24. The van der Waals surface area contributed by atoms with Crippen molar-refractivity contribution >= 4 is 28.0 Å². The Balaban J connectivity index is 1.27. The van der Waals surface area contributed by atoms with Crippen molar-refractivity contribution in [2.24, 2.45) is 5.92 Å². The first-order chi connectivity index (χ1) is 15.2. The molecule has 0 aliphatic carbocycles. The van der Waals surface area contributed by atoms with Gasteiger partial charge in [-0.2, -0.15) is 5.10 Å². The van der Waals surface area contributed by atoms with Gasteiger partial charge in [-0.05, 0) is 47.7 Å². The van der Waals surface area contributed by atoms with Crippen LogP contribution in [0.3, 0.4) is 0 Å². The minimum atomic E-state index is -0.0845. The van der Waals surface area contributed by atoms with E-state index in [1.807, 2.05) is 52.7 Å². The molecule has 6 nitrogen and oxygen atoms in total. The Morgan fingerprint density at radius 2 is 1.87 bits per heavy atom. The summed E-state index contributed by atoms with van der Waals surface area (Å²) in [6.07, 6.45) is 3.38. The summed E-state index contributed by atoms with van der Waals surface area (Å²) in [5.74, 6) is 0.290. The molecule has 0 N–H and O–H groups in total. The lowest BCUT2D eigenvalue weighted by Crippen LogP contribution is -2.40. The summed E-state index contributed by atoms with van der Waals surface area (Å²) >= 11 is 1.61. The quantitative estimate of drug-likeness (QED) is 0.489. The number of hydrogen-bond donors (Lipinski definition) is 0. The lowest BCUT2D eigenvalue weighted by Gasteiger charge is -2.32. The summed E-state index contributed by atoms with van der Waals surface area (Å²) in [5, 5.41) is 8.48. The molecule has 0 bridgehead atoms. The Morgan fingerprint density at radius 3 is 2.68 bits per heavy atom. The third kappa shape index (κ3) is 4.01. The summed E-state index contributed by atoms with van der Waals surface area (Å²) in [7, 11) is 0. The lowest BCUT2D eigenvalue weighted by atomic mass is 9.96. The van der Waals surface area contributed by atoms with Gasteiger partial charge in [0, 0.05) is 37.3 Å². The number of thiophene rings is 1. The fourth-order valence-electron chi connectivity index (χ4n) is 4.14. The van der Waals surface area contributed by atoms with Crippen molar-refractivity contribution in [1.82, 2.24) is 19.7 Å². The number of pyridine rings is 1. The van der Waals surface area contributed by atoms with Crippen molar-refractivity contribution in [2.75, 3.05) is 13.1 Å². The summed E-state index contributed by atoms with van der Waals surface area (Å²) in [5.41, 5.74) is 1.25. The second-order valence-corrected chi connectivity index (χ2v) is 8.78. The molecule has 3 aromatic heterocycles. The van der Waals surface area contributed by atoms with Crippen LogP contribution in [0, 0.1) is 5.92 Å². The number of carbonyl (C=O) groups excluding carboxylic acids is 1. The monoisotopic (exact) mass is 430 g/mol. The van der Waals surface area contributed by atoms with Crippen LogP contribution in [0.15, 0.2) is 71.0 Å². The van der Waals surface area contributed by atoms with E-state index >= 15 is 0 Å². The summed E-state index contributed by atoms with van der Waals surface area (Å²) in [6.45, 7) is 1.90. The average molecular weight is 431 g/mol. The highest BCUT2D eigenvalue weighted by Gasteiger charge is 2.26. The van der Waals surface area contributed by atoms with E-state index in [4.69, 9.17) is 0 Å². The van der Waals surface area contributed by atoms with E-state index in [0.29, 0.717) is 31.2 Å². The smallest absolute Gasteiger partial charge is 0.273 e. The van der Waals surface area contributed by atoms with Crippen LogP contribution in [-0.4, -0.2) is 38.7 Å². The predicted molar refractivity (Wildman–Crippen MR) is 122 cm³/mol. The molecule has 1 aliphatic rings. The highest BCUT2D eigenvalue weighted by atomic mass is 32.1. The number of fused-ring (bicyclic) bond motifs is 1. The Hall–Kier alpha value is -3.32. The first kappa shape index (κ1) is 19.6. The third-order valence-corrected chi connectivity index (χ3v) is 6.74. The fraction of sp³-hybridized carbons (Fsp3) is 0.250. The van der Waals surface area contributed by atoms with Gasteiger partial charge in [0.1, 0.15) is 11.4 Å². The largest absolute Gasteiger partial charge is 0.337 e. The Bertz CT molecular complexity index is 1270. The number of rotatable bonds is 4. The lowest BCUT2D eigenvalue weighted by molar-refractivity contribution is 0.0677. The van der Waals surface area contributed by atoms with E-state index in [2.05, 4.69) is 10.1 Å². The van der Waals surface area contributed by atoms with Gasteiger partial charge < -0.3 is 4.90 Å². The molecule has 4 heterocycles. The SMILES string of the molecule is O=C(c1nccc2ccccc12)N1CCC(Cn2nc(-c3cccs3)ccc2=O)CC1. The maximum Gasteiger partial charge on any atom is 0.273 e. The number of amides is 1. The number of carbonyl (C=O) groups is 1. The Kier molecular flexibility index (Phi) is 5.34. The molecular weight excluding hydrogens is 408 g/mol. The maximum absolute atomic E-state index is 13.1. The zero-order chi connectivity index (χ0) is 21.2. The summed E-state index contributed by atoms with van der Waals surface area (Å²) in [4.78, 5) is 32.7. The summed E-state index contributed by atoms with van der Waals surface area (Å²) in [6, 6.07) is 17.1. The molecule has 1 aliphatic heterocycles. The molecule has 4 aromatic rings. The zero-order valence-corrected chi connectivity index (χ0v) is 17.8. The third-order valence-electron chi connectivity index (χ3n) is 5.85. The van der Waals surface area contributed by atoms with Crippen LogP contribution in [-0.2, 0) is 6.54 Å². The van der Waals surface area contributed by atoms with Crippen LogP contribution in [0.5, 0.6) is 0 Å². The Morgan fingerprint density at radius 1 is 1.03 bits per heavy atom. The molecule has 0 unspecified atom stereocenters. The standard InChI is InChI=1S/C24H22N4O2S/c29-22-8-7-20(21-6-3-15-31-21)26-28(22)16-17-10-13-27(14-11-17)24(30)23-19-5-2-1-4-18(19)9-12-25-23/h1-9,12,15,17H,10-11,13-14,16H2. The van der Waals surface area contributed by atoms with Gasteiger partial charge in [0.15, 0.2) is 0 Å². The molecular formula is C24H22N4O2S. The number of aromatic nitrogens is 3. The van der Waals surface area contributed by atoms with Gasteiger partial charge in [-0.3, -0.25) is 14.6 Å². The van der Waals surface area contributed by atoms with Gasteiger partial charge in [0.2, 0.25) is 0 Å². The van der Waals surface area contributed by atoms with Crippen LogP contribution in [0.4, 0.5) is 0 Å². The molecule has 31 heavy (non-hydrogen) atoms. The van der Waals surface area contributed by atoms with E-state index < -0.39 is 0 Å². The second-order valence-electron chi connectivity index (χ2n) is 7.83. The van der Waals surface area contributed by atoms with Crippen molar-refractivity contribution in [1.29, 1.82) is 0 Å². The molecule has 0 spiro atoms. The van der Waals surface area contributed by atoms with Crippen LogP contribution < -0.4 is 5.56 Å². The molecule has 1 amide bonds. The number of likely N-dealkylation sites (tertiary alicyclic amines) is 1. The highest BCUT2D eigenvalue weighted by molar-refractivity contribution is 7.13. The van der Waals surface area contributed by atoms with Crippen LogP contribution in [0.2, 0.25) is 0 Å². The van der Waals surface area contributed by atoms with Gasteiger partial charge in [0.05, 0.1) is 4.88 Å². The minimum absolute atomic E-state index is 0.0229. The van der Waals surface area contributed by atoms with Crippen molar-refractivity contribution in [3.63, 3.8) is 0 Å². The first-order valence-corrected chi connectivity index (χ1v) is 11.3. The first-order valence-electron chi connectivity index (χ1n) is 10.4. The van der Waals surface area contributed by atoms with Gasteiger partial charge in [-0.15, -0.1) is 11.3 Å². The van der Waals surface area contributed by atoms with E-state index in [9.17, 15) is 9.59 Å². The molecule has 0 atom stereocenters. The second kappa shape index (κ2) is 8.43. The van der Waals surface area contributed by atoms with Crippen LogP contribution in [0.25, 0.3) is 21.3 Å². The van der Waals surface area contributed by atoms with E-state index in [1.54, 1.807) is 34.3 Å². The number of piperidine rings is 1. The number of hydrogen-bond acceptors (Lipinski definition) is 5. The van der Waals surface area contributed by atoms with Gasteiger partial charge in [0.25, 0.3) is 11.5 Å². The maximum atomic E-state index is 13.1. The van der Waals surface area contributed by atoms with Crippen molar-refractivity contribution in [3.05, 3.63) is 82.2 Å². The molecule has 0 radical (unpaired) electrons. The van der Waals surface area contributed by atoms with Crippen molar-refractivity contribution in [2.45, 2.75) is 19.4 Å². The number of nitrogens with zero attached hydrogens (tertiary/aromatic N) is 4. The minimum Gasteiger partial charge on any atom is -0.337 e. The van der Waals surface area contributed by atoms with Crippen LogP contribution >= 0.6 is 11.3 Å². The molecule has 1 saturated heterocycles. The van der Waals surface area contributed by atoms with E-state index in [1.165, 1.54) is 0 Å². The Labute approximate surface area is 183 Å². The molecule has 156 valence electrons. The van der Waals surface area contributed by atoms with Crippen molar-refractivity contribution < 1.29 is 4.79 Å². The topological polar surface area (TPSA) is 68.1 Å². The zero-order valence-electron chi connectivity index (χ0n) is 17.0. The average Bonchev–Trinajstić information content (AvgIpc) is 3.35. The molecule has 5 rings (SSSR count). The van der Waals surface area contributed by atoms with Gasteiger partial charge in [-0.1, -0.05) is 30.3 Å². The molecule has 7 heteroatoms. The molecule has 1 fully saturated rings. The van der Waals surface area contributed by atoms with Gasteiger partial charge in [-0.25, -0.2) is 4.68 Å². The predicted octanol–water partition coefficient (Wildman–Crippen LogP) is 4.07.